The van der Waals surface area contributed by atoms with E-state index in [1.54, 1.807) is 30.0 Å². The topological polar surface area (TPSA) is 79.9 Å². The van der Waals surface area contributed by atoms with E-state index in [2.05, 4.69) is 5.32 Å². The van der Waals surface area contributed by atoms with Gasteiger partial charge in [-0.15, -0.1) is 0 Å². The molecule has 1 amide bonds. The number of aromatic nitrogens is 2. The van der Waals surface area contributed by atoms with E-state index >= 15 is 0 Å². The Morgan fingerprint density at radius 2 is 1.66 bits per heavy atom. The second kappa shape index (κ2) is 9.45. The molecule has 156 valence electrons. The fraction of sp³-hybridized carbons (Fsp3) is 0.0385. The molecule has 1 N–H and O–H groups in total. The van der Waals surface area contributed by atoms with E-state index in [1.807, 2.05) is 85.1 Å². The van der Waals surface area contributed by atoms with Crippen LogP contribution in [0, 0.1) is 11.3 Å². The number of methoxy groups -OCH3 is 1. The Morgan fingerprint density at radius 1 is 1.00 bits per heavy atom. The van der Waals surface area contributed by atoms with Gasteiger partial charge in [-0.05, 0) is 54.6 Å². The molecule has 1 aromatic heterocycles. The number of amides is 1. The Hall–Kier alpha value is -4.63. The number of rotatable bonds is 6. The highest BCUT2D eigenvalue weighted by atomic mass is 16.5. The minimum absolute atomic E-state index is 0.0174. The zero-order chi connectivity index (χ0) is 22.3. The van der Waals surface area contributed by atoms with Crippen LogP contribution in [0.5, 0.6) is 5.75 Å². The molecule has 0 unspecified atom stereocenters. The standard InChI is InChI=1S/C26H20N4O2/c1-32-24-14-12-19(13-15-24)25-21(18-30(29-25)23-10-6-3-7-11-23)16-20(17-27)26(31)28-22-8-4-2-5-9-22/h2-16,18H,1H3,(H,28,31). The van der Waals surface area contributed by atoms with Crippen molar-refractivity contribution in [1.82, 2.24) is 9.78 Å². The molecular formula is C26H20N4O2. The van der Waals surface area contributed by atoms with E-state index in [9.17, 15) is 10.1 Å². The third-order valence-electron chi connectivity index (χ3n) is 4.82. The Morgan fingerprint density at radius 3 is 2.28 bits per heavy atom. The van der Waals surface area contributed by atoms with Crippen LogP contribution in [0.1, 0.15) is 5.56 Å². The average molecular weight is 420 g/mol. The molecule has 0 fully saturated rings. The van der Waals surface area contributed by atoms with Crippen molar-refractivity contribution in [2.24, 2.45) is 0 Å². The summed E-state index contributed by atoms with van der Waals surface area (Å²) in [7, 11) is 1.61. The summed E-state index contributed by atoms with van der Waals surface area (Å²) in [4.78, 5) is 12.7. The molecule has 0 radical (unpaired) electrons. The monoisotopic (exact) mass is 420 g/mol. The molecule has 6 nitrogen and oxygen atoms in total. The van der Waals surface area contributed by atoms with Gasteiger partial charge < -0.3 is 10.1 Å². The second-order valence-corrected chi connectivity index (χ2v) is 6.93. The predicted molar refractivity (Wildman–Crippen MR) is 124 cm³/mol. The van der Waals surface area contributed by atoms with Gasteiger partial charge in [-0.2, -0.15) is 10.4 Å². The van der Waals surface area contributed by atoms with E-state index in [-0.39, 0.29) is 5.57 Å². The van der Waals surface area contributed by atoms with Gasteiger partial charge in [-0.3, -0.25) is 4.79 Å². The number of nitriles is 1. The second-order valence-electron chi connectivity index (χ2n) is 6.93. The number of benzene rings is 3. The van der Waals surface area contributed by atoms with Gasteiger partial charge in [0.2, 0.25) is 0 Å². The normalized spacial score (nSPS) is 10.9. The van der Waals surface area contributed by atoms with Gasteiger partial charge in [0.05, 0.1) is 18.5 Å². The molecular weight excluding hydrogens is 400 g/mol. The lowest BCUT2D eigenvalue weighted by molar-refractivity contribution is -0.112. The van der Waals surface area contributed by atoms with Gasteiger partial charge >= 0.3 is 0 Å². The Kier molecular flexibility index (Phi) is 6.10. The van der Waals surface area contributed by atoms with Gasteiger partial charge in [0.15, 0.2) is 0 Å². The molecule has 0 spiro atoms. The molecule has 0 saturated carbocycles. The Labute approximate surface area is 186 Å². The maximum Gasteiger partial charge on any atom is 0.266 e. The van der Waals surface area contributed by atoms with Gasteiger partial charge in [-0.25, -0.2) is 4.68 Å². The molecule has 0 bridgehead atoms. The molecule has 32 heavy (non-hydrogen) atoms. The van der Waals surface area contributed by atoms with Crippen molar-refractivity contribution in [2.45, 2.75) is 0 Å². The highest BCUT2D eigenvalue weighted by Crippen LogP contribution is 2.27. The number of nitrogens with one attached hydrogen (secondary N) is 1. The maximum atomic E-state index is 12.7. The minimum atomic E-state index is -0.480. The molecule has 6 heteroatoms. The smallest absolute Gasteiger partial charge is 0.266 e. The van der Waals surface area contributed by atoms with Crippen molar-refractivity contribution < 1.29 is 9.53 Å². The summed E-state index contributed by atoms with van der Waals surface area (Å²) in [5.41, 5.74) is 3.61. The van der Waals surface area contributed by atoms with Crippen LogP contribution >= 0.6 is 0 Å². The number of carbonyl (C=O) groups excluding carboxylic acids is 1. The lowest BCUT2D eigenvalue weighted by Gasteiger charge is -2.04. The molecule has 1 heterocycles. The molecule has 0 aliphatic heterocycles. The number of hydrogen-bond donors (Lipinski definition) is 1. The van der Waals surface area contributed by atoms with E-state index in [1.165, 1.54) is 0 Å². The number of nitrogens with zero attached hydrogens (tertiary/aromatic N) is 3. The van der Waals surface area contributed by atoms with Crippen molar-refractivity contribution in [1.29, 1.82) is 5.26 Å². The fourth-order valence-corrected chi connectivity index (χ4v) is 3.20. The fourth-order valence-electron chi connectivity index (χ4n) is 3.20. The highest BCUT2D eigenvalue weighted by Gasteiger charge is 2.15. The van der Waals surface area contributed by atoms with E-state index in [0.29, 0.717) is 16.9 Å². The maximum absolute atomic E-state index is 12.7. The van der Waals surface area contributed by atoms with Gasteiger partial charge in [0.1, 0.15) is 17.4 Å². The quantitative estimate of drug-likeness (QED) is 0.348. The van der Waals surface area contributed by atoms with Crippen molar-refractivity contribution in [3.63, 3.8) is 0 Å². The predicted octanol–water partition coefficient (Wildman–Crippen LogP) is 5.09. The number of anilines is 1. The SMILES string of the molecule is COc1ccc(-c2nn(-c3ccccc3)cc2C=C(C#N)C(=O)Nc2ccccc2)cc1. The number of para-hydroxylation sites is 2. The van der Waals surface area contributed by atoms with Crippen LogP contribution < -0.4 is 10.1 Å². The molecule has 3 aromatic carbocycles. The lowest BCUT2D eigenvalue weighted by Crippen LogP contribution is -2.13. The first-order valence-corrected chi connectivity index (χ1v) is 9.95. The summed E-state index contributed by atoms with van der Waals surface area (Å²) in [6.07, 6.45) is 3.37. The van der Waals surface area contributed by atoms with Crippen molar-refractivity contribution >= 4 is 17.7 Å². The first kappa shape index (κ1) is 20.6. The zero-order valence-electron chi connectivity index (χ0n) is 17.4. The summed E-state index contributed by atoms with van der Waals surface area (Å²) in [5, 5.41) is 17.1. The Balaban J connectivity index is 1.75. The third kappa shape index (κ3) is 4.58. The average Bonchev–Trinajstić information content (AvgIpc) is 3.27. The van der Waals surface area contributed by atoms with Crippen molar-refractivity contribution in [2.75, 3.05) is 12.4 Å². The van der Waals surface area contributed by atoms with Crippen LogP contribution in [0.25, 0.3) is 23.0 Å². The first-order valence-electron chi connectivity index (χ1n) is 9.95. The first-order chi connectivity index (χ1) is 15.7. The lowest BCUT2D eigenvalue weighted by atomic mass is 10.1. The zero-order valence-corrected chi connectivity index (χ0v) is 17.4. The van der Waals surface area contributed by atoms with Gasteiger partial charge in [0.25, 0.3) is 5.91 Å². The molecule has 0 aliphatic carbocycles. The number of hydrogen-bond acceptors (Lipinski definition) is 4. The molecule has 0 aliphatic rings. The summed E-state index contributed by atoms with van der Waals surface area (Å²) in [5.74, 6) is 0.250. The highest BCUT2D eigenvalue weighted by molar-refractivity contribution is 6.10. The Bertz CT molecular complexity index is 1290. The molecule has 0 atom stereocenters. The minimum Gasteiger partial charge on any atom is -0.497 e. The number of ether oxygens (including phenoxy) is 1. The van der Waals surface area contributed by atoms with Crippen LogP contribution in [0.15, 0.2) is 96.7 Å². The number of carbonyl (C=O) groups is 1. The van der Waals surface area contributed by atoms with E-state index in [4.69, 9.17) is 9.84 Å². The summed E-state index contributed by atoms with van der Waals surface area (Å²) < 4.78 is 6.98. The third-order valence-corrected chi connectivity index (χ3v) is 4.82. The van der Waals surface area contributed by atoms with Crippen molar-refractivity contribution in [3.05, 3.63) is 102 Å². The van der Waals surface area contributed by atoms with E-state index < -0.39 is 5.91 Å². The van der Waals surface area contributed by atoms with Crippen LogP contribution in [0.2, 0.25) is 0 Å². The van der Waals surface area contributed by atoms with Crippen molar-refractivity contribution in [3.8, 4) is 28.8 Å². The van der Waals surface area contributed by atoms with Gasteiger partial charge in [-0.1, -0.05) is 36.4 Å². The van der Waals surface area contributed by atoms with Crippen LogP contribution in [-0.4, -0.2) is 22.8 Å². The molecule has 4 rings (SSSR count). The van der Waals surface area contributed by atoms with Gasteiger partial charge in [0, 0.05) is 23.0 Å². The van der Waals surface area contributed by atoms with Crippen LogP contribution in [-0.2, 0) is 4.79 Å². The largest absolute Gasteiger partial charge is 0.497 e. The summed E-state index contributed by atoms with van der Waals surface area (Å²) in [6, 6.07) is 28.2. The molecule has 0 saturated heterocycles. The molecule has 4 aromatic rings. The summed E-state index contributed by atoms with van der Waals surface area (Å²) >= 11 is 0. The van der Waals surface area contributed by atoms with E-state index in [0.717, 1.165) is 17.0 Å². The van der Waals surface area contributed by atoms with Crippen LogP contribution in [0.3, 0.4) is 0 Å². The van der Waals surface area contributed by atoms with Crippen LogP contribution in [0.4, 0.5) is 5.69 Å². The summed E-state index contributed by atoms with van der Waals surface area (Å²) in [6.45, 7) is 0.